The minimum atomic E-state index is -2.93. The van der Waals surface area contributed by atoms with E-state index in [4.69, 9.17) is 0 Å². The maximum Gasteiger partial charge on any atom is 0.149 e. The first-order valence-electron chi connectivity index (χ1n) is 6.90. The van der Waals surface area contributed by atoms with Gasteiger partial charge in [-0.2, -0.15) is 0 Å². The van der Waals surface area contributed by atoms with Crippen LogP contribution >= 0.6 is 0 Å². The molecule has 0 atom stereocenters. The predicted octanol–water partition coefficient (Wildman–Crippen LogP) is 1.84. The van der Waals surface area contributed by atoms with E-state index in [0.29, 0.717) is 6.54 Å². The summed E-state index contributed by atoms with van der Waals surface area (Å²) in [5, 5.41) is 4.39. The normalized spacial score (nSPS) is 12.1. The Bertz CT molecular complexity index is 674. The van der Waals surface area contributed by atoms with Crippen molar-refractivity contribution in [2.75, 3.05) is 25.6 Å². The van der Waals surface area contributed by atoms with Crippen LogP contribution in [0.4, 0.5) is 0 Å². The summed E-state index contributed by atoms with van der Waals surface area (Å²) in [6.45, 7) is 1.51. The highest BCUT2D eigenvalue weighted by molar-refractivity contribution is 7.90. The van der Waals surface area contributed by atoms with Gasteiger partial charge in [0.1, 0.15) is 9.84 Å². The molecule has 0 saturated carbocycles. The quantitative estimate of drug-likeness (QED) is 0.793. The van der Waals surface area contributed by atoms with Crippen molar-refractivity contribution in [2.45, 2.75) is 19.4 Å². The van der Waals surface area contributed by atoms with Gasteiger partial charge in [0.2, 0.25) is 0 Å². The molecule has 1 heterocycles. The molecule has 0 saturated heterocycles. The van der Waals surface area contributed by atoms with Gasteiger partial charge >= 0.3 is 0 Å². The van der Waals surface area contributed by atoms with Gasteiger partial charge in [0.25, 0.3) is 0 Å². The minimum absolute atomic E-state index is 0.182. The van der Waals surface area contributed by atoms with Gasteiger partial charge in [0.05, 0.1) is 5.75 Å². The number of fused-ring (bicyclic) bond motifs is 1. The molecule has 110 valence electrons. The van der Waals surface area contributed by atoms with Crippen molar-refractivity contribution in [3.05, 3.63) is 36.0 Å². The summed E-state index contributed by atoms with van der Waals surface area (Å²) in [4.78, 5) is 0. The second kappa shape index (κ2) is 6.41. The first kappa shape index (κ1) is 15.1. The van der Waals surface area contributed by atoms with Crippen LogP contribution in [0.3, 0.4) is 0 Å². The molecule has 1 aromatic heterocycles. The van der Waals surface area contributed by atoms with Gasteiger partial charge in [-0.25, -0.2) is 8.42 Å². The van der Waals surface area contributed by atoms with E-state index in [0.717, 1.165) is 24.9 Å². The summed E-state index contributed by atoms with van der Waals surface area (Å²) in [7, 11) is -0.980. The van der Waals surface area contributed by atoms with E-state index in [9.17, 15) is 8.42 Å². The molecule has 20 heavy (non-hydrogen) atoms. The van der Waals surface area contributed by atoms with Crippen LogP contribution in [0.15, 0.2) is 30.5 Å². The zero-order valence-electron chi connectivity index (χ0n) is 12.1. The van der Waals surface area contributed by atoms with Crippen LogP contribution in [0.5, 0.6) is 0 Å². The summed E-state index contributed by atoms with van der Waals surface area (Å²) in [6.07, 6.45) is 5.47. The first-order valence-corrected chi connectivity index (χ1v) is 8.96. The molecule has 0 aliphatic carbocycles. The third kappa shape index (κ3) is 3.84. The molecule has 1 N–H and O–H groups in total. The number of benzene rings is 1. The molecular weight excluding hydrogens is 272 g/mol. The molecule has 0 unspecified atom stereocenters. The standard InChI is InChI=1S/C15H22N2O2S/c1-16-9-5-6-13-12-17(10-11-20(2,18)19)15-8-4-3-7-14(13)15/h3-4,7-8,12,16H,5-6,9-11H2,1-2H3. The summed E-state index contributed by atoms with van der Waals surface area (Å²) in [5.74, 6) is 0.182. The van der Waals surface area contributed by atoms with E-state index in [1.807, 2.05) is 19.2 Å². The maximum absolute atomic E-state index is 11.3. The number of nitrogens with one attached hydrogen (secondary N) is 1. The highest BCUT2D eigenvalue weighted by atomic mass is 32.2. The molecule has 4 nitrogen and oxygen atoms in total. The molecule has 0 radical (unpaired) electrons. The molecule has 0 aliphatic rings. The summed E-state index contributed by atoms with van der Waals surface area (Å²) in [5.41, 5.74) is 2.42. The molecule has 0 bridgehead atoms. The smallest absolute Gasteiger partial charge is 0.149 e. The Morgan fingerprint density at radius 3 is 2.70 bits per heavy atom. The molecule has 0 spiro atoms. The van der Waals surface area contributed by atoms with E-state index >= 15 is 0 Å². The fourth-order valence-electron chi connectivity index (χ4n) is 2.43. The number of hydrogen-bond acceptors (Lipinski definition) is 3. The lowest BCUT2D eigenvalue weighted by Crippen LogP contribution is -2.10. The van der Waals surface area contributed by atoms with E-state index in [-0.39, 0.29) is 5.75 Å². The number of para-hydroxylation sites is 1. The van der Waals surface area contributed by atoms with E-state index in [1.54, 1.807) is 0 Å². The van der Waals surface area contributed by atoms with Gasteiger partial charge in [-0.15, -0.1) is 0 Å². The summed E-state index contributed by atoms with van der Waals surface area (Å²) < 4.78 is 24.7. The Hall–Kier alpha value is -1.33. The zero-order chi connectivity index (χ0) is 14.6. The van der Waals surface area contributed by atoms with E-state index < -0.39 is 9.84 Å². The van der Waals surface area contributed by atoms with Crippen molar-refractivity contribution < 1.29 is 8.42 Å². The average molecular weight is 294 g/mol. The van der Waals surface area contributed by atoms with Gasteiger partial charge in [0.15, 0.2) is 0 Å². The second-order valence-corrected chi connectivity index (χ2v) is 7.46. The molecule has 1 aromatic carbocycles. The molecule has 0 fully saturated rings. The topological polar surface area (TPSA) is 51.1 Å². The van der Waals surface area contributed by atoms with E-state index in [1.165, 1.54) is 17.2 Å². The van der Waals surface area contributed by atoms with Crippen molar-refractivity contribution in [2.24, 2.45) is 0 Å². The molecular formula is C15H22N2O2S. The van der Waals surface area contributed by atoms with Crippen molar-refractivity contribution in [1.82, 2.24) is 9.88 Å². The third-order valence-corrected chi connectivity index (χ3v) is 4.37. The highest BCUT2D eigenvalue weighted by Crippen LogP contribution is 2.22. The van der Waals surface area contributed by atoms with Crippen LogP contribution in [-0.2, 0) is 22.8 Å². The minimum Gasteiger partial charge on any atom is -0.346 e. The Labute approximate surface area is 120 Å². The van der Waals surface area contributed by atoms with Gasteiger partial charge in [-0.1, -0.05) is 18.2 Å². The van der Waals surface area contributed by atoms with Crippen molar-refractivity contribution in [3.63, 3.8) is 0 Å². The van der Waals surface area contributed by atoms with Gasteiger partial charge in [-0.3, -0.25) is 0 Å². The third-order valence-electron chi connectivity index (χ3n) is 3.45. The molecule has 5 heteroatoms. The monoisotopic (exact) mass is 294 g/mol. The highest BCUT2D eigenvalue weighted by Gasteiger charge is 2.09. The Morgan fingerprint density at radius 2 is 2.00 bits per heavy atom. The SMILES string of the molecule is CNCCCc1cn(CCS(C)(=O)=O)c2ccccc12. The molecule has 2 aromatic rings. The second-order valence-electron chi connectivity index (χ2n) is 5.20. The number of aryl methyl sites for hydroxylation is 2. The van der Waals surface area contributed by atoms with Crippen LogP contribution in [0.25, 0.3) is 10.9 Å². The maximum atomic E-state index is 11.3. The Balaban J connectivity index is 2.25. The first-order chi connectivity index (χ1) is 9.51. The Morgan fingerprint density at radius 1 is 1.25 bits per heavy atom. The van der Waals surface area contributed by atoms with Crippen molar-refractivity contribution >= 4 is 20.7 Å². The fourth-order valence-corrected chi connectivity index (χ4v) is 2.96. The lowest BCUT2D eigenvalue weighted by Gasteiger charge is -2.03. The summed E-state index contributed by atoms with van der Waals surface area (Å²) >= 11 is 0. The number of rotatable bonds is 7. The van der Waals surface area contributed by atoms with Gasteiger partial charge < -0.3 is 9.88 Å². The Kier molecular flexibility index (Phi) is 4.83. The average Bonchev–Trinajstić information content (AvgIpc) is 2.75. The number of sulfone groups is 1. The van der Waals surface area contributed by atoms with Gasteiger partial charge in [-0.05, 0) is 38.1 Å². The van der Waals surface area contributed by atoms with Crippen LogP contribution in [-0.4, -0.2) is 38.6 Å². The van der Waals surface area contributed by atoms with Crippen LogP contribution in [0.1, 0.15) is 12.0 Å². The lowest BCUT2D eigenvalue weighted by atomic mass is 10.1. The fraction of sp³-hybridized carbons (Fsp3) is 0.467. The number of aromatic nitrogens is 1. The van der Waals surface area contributed by atoms with Crippen molar-refractivity contribution in [1.29, 1.82) is 0 Å². The molecule has 2 rings (SSSR count). The van der Waals surface area contributed by atoms with E-state index in [2.05, 4.69) is 28.2 Å². The predicted molar refractivity (Wildman–Crippen MR) is 83.9 cm³/mol. The number of nitrogens with zero attached hydrogens (tertiary/aromatic N) is 1. The van der Waals surface area contributed by atoms with Crippen LogP contribution in [0.2, 0.25) is 0 Å². The lowest BCUT2D eigenvalue weighted by molar-refractivity contribution is 0.595. The largest absolute Gasteiger partial charge is 0.346 e. The van der Waals surface area contributed by atoms with Gasteiger partial charge in [0, 0.05) is 29.9 Å². The van der Waals surface area contributed by atoms with Crippen LogP contribution < -0.4 is 5.32 Å². The van der Waals surface area contributed by atoms with Crippen molar-refractivity contribution in [3.8, 4) is 0 Å². The molecule has 0 amide bonds. The number of hydrogen-bond donors (Lipinski definition) is 1. The molecule has 0 aliphatic heterocycles. The zero-order valence-corrected chi connectivity index (χ0v) is 12.9. The summed E-state index contributed by atoms with van der Waals surface area (Å²) in [6, 6.07) is 8.20. The van der Waals surface area contributed by atoms with Crippen LogP contribution in [0, 0.1) is 0 Å².